The number of aryl methyl sites for hydroxylation is 2. The monoisotopic (exact) mass is 432 g/mol. The minimum absolute atomic E-state index is 0.230. The molecule has 0 fully saturated rings. The summed E-state index contributed by atoms with van der Waals surface area (Å²) in [6.07, 6.45) is 0. The Morgan fingerprint density at radius 1 is 0.871 bits per heavy atom. The minimum atomic E-state index is -0.415. The van der Waals surface area contributed by atoms with E-state index in [-0.39, 0.29) is 11.6 Å². The van der Waals surface area contributed by atoms with Crippen LogP contribution in [0.1, 0.15) is 16.7 Å². The zero-order valence-electron chi connectivity index (χ0n) is 17.4. The molecule has 1 aliphatic rings. The summed E-state index contributed by atoms with van der Waals surface area (Å²) in [7, 11) is 1.59. The average Bonchev–Trinajstić information content (AvgIpc) is 2.99. The van der Waals surface area contributed by atoms with Crippen LogP contribution in [0.4, 0.5) is 11.4 Å². The van der Waals surface area contributed by atoms with Crippen LogP contribution in [0.3, 0.4) is 0 Å². The first-order chi connectivity index (χ1) is 14.9. The molecule has 3 aromatic rings. The molecule has 156 valence electrons. The summed E-state index contributed by atoms with van der Waals surface area (Å²) in [5, 5.41) is 3.70. The van der Waals surface area contributed by atoms with Gasteiger partial charge in [0.2, 0.25) is 0 Å². The third-order valence-electron chi connectivity index (χ3n) is 5.18. The summed E-state index contributed by atoms with van der Waals surface area (Å²) in [6.45, 7) is 3.79. The van der Waals surface area contributed by atoms with Crippen LogP contribution in [-0.4, -0.2) is 18.9 Å². The van der Waals surface area contributed by atoms with Crippen molar-refractivity contribution in [2.45, 2.75) is 13.8 Å². The van der Waals surface area contributed by atoms with Crippen LogP contribution < -0.4 is 15.0 Å². The van der Waals surface area contributed by atoms with E-state index in [9.17, 15) is 9.59 Å². The molecule has 0 radical (unpaired) electrons. The number of halogens is 1. The fourth-order valence-corrected chi connectivity index (χ4v) is 3.77. The van der Waals surface area contributed by atoms with Gasteiger partial charge >= 0.3 is 0 Å². The molecule has 1 N–H and O–H groups in total. The van der Waals surface area contributed by atoms with Gasteiger partial charge in [0.05, 0.1) is 18.4 Å². The summed E-state index contributed by atoms with van der Waals surface area (Å²) in [6, 6.07) is 19.8. The smallest absolute Gasteiger partial charge is 0.282 e. The summed E-state index contributed by atoms with van der Waals surface area (Å²) in [4.78, 5) is 28.2. The molecule has 4 rings (SSSR count). The van der Waals surface area contributed by atoms with Gasteiger partial charge in [0, 0.05) is 10.7 Å². The Kier molecular flexibility index (Phi) is 5.53. The van der Waals surface area contributed by atoms with E-state index >= 15 is 0 Å². The van der Waals surface area contributed by atoms with Gasteiger partial charge < -0.3 is 10.1 Å². The molecule has 0 atom stereocenters. The Hall–Kier alpha value is -3.57. The molecule has 31 heavy (non-hydrogen) atoms. The normalized spacial score (nSPS) is 13.7. The highest BCUT2D eigenvalue weighted by atomic mass is 35.5. The lowest BCUT2D eigenvalue weighted by Gasteiger charge is -2.18. The minimum Gasteiger partial charge on any atom is -0.497 e. The fraction of sp³-hybridized carbons (Fsp3) is 0.120. The van der Waals surface area contributed by atoms with Gasteiger partial charge in [0.15, 0.2) is 0 Å². The van der Waals surface area contributed by atoms with Gasteiger partial charge in [-0.05, 0) is 67.4 Å². The maximum absolute atomic E-state index is 13.5. The average molecular weight is 433 g/mol. The molecule has 2 amide bonds. The van der Waals surface area contributed by atoms with Crippen molar-refractivity contribution in [3.05, 3.63) is 94.1 Å². The maximum Gasteiger partial charge on any atom is 0.282 e. The third kappa shape index (κ3) is 3.92. The first-order valence-corrected chi connectivity index (χ1v) is 10.1. The molecular formula is C25H21ClN2O3. The Balaban J connectivity index is 1.81. The van der Waals surface area contributed by atoms with E-state index in [0.717, 1.165) is 11.1 Å². The summed E-state index contributed by atoms with van der Waals surface area (Å²) >= 11 is 6.08. The molecule has 0 aromatic heterocycles. The molecule has 3 aromatic carbocycles. The van der Waals surface area contributed by atoms with Crippen molar-refractivity contribution in [2.75, 3.05) is 17.3 Å². The number of imide groups is 1. The van der Waals surface area contributed by atoms with Gasteiger partial charge in [-0.2, -0.15) is 0 Å². The third-order valence-corrected chi connectivity index (χ3v) is 5.42. The van der Waals surface area contributed by atoms with Crippen LogP contribution in [-0.2, 0) is 9.59 Å². The second kappa shape index (κ2) is 8.28. The van der Waals surface area contributed by atoms with E-state index in [1.807, 2.05) is 38.1 Å². The SMILES string of the molecule is COc1ccc(NC2=C(c3ccc(C)cc3)C(=O)N(c3ccc(Cl)cc3C)C2=O)cc1. The highest BCUT2D eigenvalue weighted by molar-refractivity contribution is 6.46. The van der Waals surface area contributed by atoms with Crippen LogP contribution >= 0.6 is 11.6 Å². The number of ether oxygens (including phenoxy) is 1. The fourth-order valence-electron chi connectivity index (χ4n) is 3.54. The van der Waals surface area contributed by atoms with Gasteiger partial charge in [0.1, 0.15) is 11.4 Å². The number of methoxy groups -OCH3 is 1. The number of nitrogens with one attached hydrogen (secondary N) is 1. The summed E-state index contributed by atoms with van der Waals surface area (Å²) in [5.74, 6) is -0.0948. The molecule has 1 heterocycles. The molecule has 0 spiro atoms. The number of anilines is 2. The van der Waals surface area contributed by atoms with Gasteiger partial charge in [0.25, 0.3) is 11.8 Å². The molecule has 0 unspecified atom stereocenters. The Bertz CT molecular complexity index is 1200. The first-order valence-electron chi connectivity index (χ1n) is 9.76. The van der Waals surface area contributed by atoms with Crippen LogP contribution in [0.15, 0.2) is 72.4 Å². The predicted octanol–water partition coefficient (Wildman–Crippen LogP) is 5.36. The highest BCUT2D eigenvalue weighted by Crippen LogP contribution is 2.36. The second-order valence-corrected chi connectivity index (χ2v) is 7.78. The maximum atomic E-state index is 13.5. The largest absolute Gasteiger partial charge is 0.497 e. The van der Waals surface area contributed by atoms with Crippen LogP contribution in [0.25, 0.3) is 5.57 Å². The van der Waals surface area contributed by atoms with E-state index in [2.05, 4.69) is 5.32 Å². The number of carbonyl (C=O) groups is 2. The van der Waals surface area contributed by atoms with Crippen molar-refractivity contribution in [3.8, 4) is 5.75 Å². The van der Waals surface area contributed by atoms with E-state index in [4.69, 9.17) is 16.3 Å². The van der Waals surface area contributed by atoms with Crippen molar-refractivity contribution in [1.29, 1.82) is 0 Å². The van der Waals surface area contributed by atoms with E-state index in [0.29, 0.717) is 33.3 Å². The Morgan fingerprint density at radius 2 is 1.55 bits per heavy atom. The molecule has 0 bridgehead atoms. The number of benzene rings is 3. The van der Waals surface area contributed by atoms with Crippen LogP contribution in [0, 0.1) is 13.8 Å². The van der Waals surface area contributed by atoms with E-state index in [1.54, 1.807) is 49.6 Å². The number of amides is 2. The molecule has 0 saturated heterocycles. The van der Waals surface area contributed by atoms with E-state index in [1.165, 1.54) is 4.90 Å². The number of nitrogens with zero attached hydrogens (tertiary/aromatic N) is 1. The van der Waals surface area contributed by atoms with Crippen molar-refractivity contribution >= 4 is 40.4 Å². The van der Waals surface area contributed by atoms with Crippen molar-refractivity contribution in [2.24, 2.45) is 0 Å². The van der Waals surface area contributed by atoms with Gasteiger partial charge in [-0.25, -0.2) is 4.90 Å². The van der Waals surface area contributed by atoms with Gasteiger partial charge in [-0.15, -0.1) is 0 Å². The standard InChI is InChI=1S/C25H21ClN2O3/c1-15-4-6-17(7-5-15)22-23(27-19-9-11-20(31-3)12-10-19)25(30)28(24(22)29)21-13-8-18(26)14-16(21)2/h4-14,27H,1-3H3. The molecule has 5 nitrogen and oxygen atoms in total. The zero-order valence-corrected chi connectivity index (χ0v) is 18.2. The predicted molar refractivity (Wildman–Crippen MR) is 123 cm³/mol. The van der Waals surface area contributed by atoms with Gasteiger partial charge in [-0.1, -0.05) is 41.4 Å². The molecular weight excluding hydrogens is 412 g/mol. The number of hydrogen-bond acceptors (Lipinski definition) is 4. The number of rotatable bonds is 5. The Morgan fingerprint density at radius 3 is 2.16 bits per heavy atom. The zero-order chi connectivity index (χ0) is 22.1. The number of carbonyl (C=O) groups excluding carboxylic acids is 2. The van der Waals surface area contributed by atoms with Crippen LogP contribution in [0.5, 0.6) is 5.75 Å². The lowest BCUT2D eigenvalue weighted by atomic mass is 10.0. The van der Waals surface area contributed by atoms with Crippen LogP contribution in [0.2, 0.25) is 5.02 Å². The van der Waals surface area contributed by atoms with Crippen molar-refractivity contribution < 1.29 is 14.3 Å². The highest BCUT2D eigenvalue weighted by Gasteiger charge is 2.40. The second-order valence-electron chi connectivity index (χ2n) is 7.35. The first kappa shape index (κ1) is 20.7. The summed E-state index contributed by atoms with van der Waals surface area (Å²) in [5.41, 5.74) is 4.23. The molecule has 1 aliphatic heterocycles. The topological polar surface area (TPSA) is 58.6 Å². The number of hydrogen-bond donors (Lipinski definition) is 1. The molecule has 0 saturated carbocycles. The van der Waals surface area contributed by atoms with Crippen molar-refractivity contribution in [3.63, 3.8) is 0 Å². The van der Waals surface area contributed by atoms with Crippen molar-refractivity contribution in [1.82, 2.24) is 0 Å². The molecule has 6 heteroatoms. The molecule has 0 aliphatic carbocycles. The van der Waals surface area contributed by atoms with E-state index < -0.39 is 5.91 Å². The summed E-state index contributed by atoms with van der Waals surface area (Å²) < 4.78 is 5.20. The quantitative estimate of drug-likeness (QED) is 0.551. The Labute approximate surface area is 185 Å². The van der Waals surface area contributed by atoms with Gasteiger partial charge in [-0.3, -0.25) is 9.59 Å². The lowest BCUT2D eigenvalue weighted by Crippen LogP contribution is -2.33. The lowest BCUT2D eigenvalue weighted by molar-refractivity contribution is -0.120.